The standard InChI is InChI=1S/C11H19F2NO/c1-7(2)15-8(3)10-9(11(12)13)5-6-14(10)4/h7-8,10H,5-6H2,1-4H3/t8-,10?/m0/s1. The Morgan fingerprint density at radius 3 is 2.47 bits per heavy atom. The molecular formula is C11H19F2NO. The Bertz CT molecular complexity index is 249. The van der Waals surface area contributed by atoms with Crippen molar-refractivity contribution in [1.29, 1.82) is 0 Å². The van der Waals surface area contributed by atoms with Crippen molar-refractivity contribution < 1.29 is 13.5 Å². The van der Waals surface area contributed by atoms with Gasteiger partial charge in [0.2, 0.25) is 0 Å². The Labute approximate surface area is 89.9 Å². The first-order valence-electron chi connectivity index (χ1n) is 5.33. The van der Waals surface area contributed by atoms with Crippen LogP contribution < -0.4 is 0 Å². The highest BCUT2D eigenvalue weighted by atomic mass is 19.3. The van der Waals surface area contributed by atoms with E-state index in [-0.39, 0.29) is 23.8 Å². The van der Waals surface area contributed by atoms with Crippen molar-refractivity contribution in [2.75, 3.05) is 13.6 Å². The zero-order valence-corrected chi connectivity index (χ0v) is 9.76. The molecule has 1 rings (SSSR count). The van der Waals surface area contributed by atoms with Gasteiger partial charge in [0.05, 0.1) is 18.2 Å². The van der Waals surface area contributed by atoms with Crippen molar-refractivity contribution in [3.8, 4) is 0 Å². The summed E-state index contributed by atoms with van der Waals surface area (Å²) >= 11 is 0. The second-order valence-electron chi connectivity index (χ2n) is 4.35. The maximum atomic E-state index is 12.7. The molecule has 15 heavy (non-hydrogen) atoms. The van der Waals surface area contributed by atoms with Crippen LogP contribution in [0.1, 0.15) is 27.2 Å². The van der Waals surface area contributed by atoms with Crippen LogP contribution in [0.2, 0.25) is 0 Å². The van der Waals surface area contributed by atoms with Gasteiger partial charge < -0.3 is 4.74 Å². The Morgan fingerprint density at radius 1 is 1.40 bits per heavy atom. The van der Waals surface area contributed by atoms with Gasteiger partial charge in [-0.3, -0.25) is 4.90 Å². The van der Waals surface area contributed by atoms with E-state index < -0.39 is 6.08 Å². The quantitative estimate of drug-likeness (QED) is 0.723. The Kier molecular flexibility index (Phi) is 4.22. The third-order valence-electron chi connectivity index (χ3n) is 2.74. The first-order valence-corrected chi connectivity index (χ1v) is 5.33. The Morgan fingerprint density at radius 2 is 2.00 bits per heavy atom. The third kappa shape index (κ3) is 2.98. The minimum Gasteiger partial charge on any atom is -0.374 e. The molecule has 1 heterocycles. The molecule has 0 spiro atoms. The van der Waals surface area contributed by atoms with E-state index in [1.807, 2.05) is 32.7 Å². The maximum Gasteiger partial charge on any atom is 0.271 e. The predicted octanol–water partition coefficient (Wildman–Crippen LogP) is 2.65. The SMILES string of the molecule is CC(C)O[C@@H](C)C1C(=C(F)F)CCN1C. The molecule has 0 aromatic rings. The van der Waals surface area contributed by atoms with E-state index in [1.54, 1.807) is 0 Å². The summed E-state index contributed by atoms with van der Waals surface area (Å²) in [5, 5.41) is 0. The van der Waals surface area contributed by atoms with E-state index in [0.29, 0.717) is 13.0 Å². The predicted molar refractivity (Wildman–Crippen MR) is 56.0 cm³/mol. The molecule has 0 saturated carbocycles. The molecule has 1 aliphatic rings. The van der Waals surface area contributed by atoms with Crippen molar-refractivity contribution >= 4 is 0 Å². The number of nitrogens with zero attached hydrogens (tertiary/aromatic N) is 1. The molecular weight excluding hydrogens is 200 g/mol. The minimum absolute atomic E-state index is 0.0675. The molecule has 0 bridgehead atoms. The summed E-state index contributed by atoms with van der Waals surface area (Å²) in [5.74, 6) is 0. The first kappa shape index (κ1) is 12.6. The van der Waals surface area contributed by atoms with Gasteiger partial charge >= 0.3 is 0 Å². The molecule has 0 amide bonds. The van der Waals surface area contributed by atoms with Gasteiger partial charge in [-0.1, -0.05) is 0 Å². The first-order chi connectivity index (χ1) is 6.93. The maximum absolute atomic E-state index is 12.7. The van der Waals surface area contributed by atoms with Crippen molar-refractivity contribution in [1.82, 2.24) is 4.90 Å². The lowest BCUT2D eigenvalue weighted by atomic mass is 10.0. The number of ether oxygens (including phenoxy) is 1. The van der Waals surface area contributed by atoms with E-state index in [9.17, 15) is 8.78 Å². The van der Waals surface area contributed by atoms with Gasteiger partial charge in [-0.05, 0) is 34.2 Å². The molecule has 1 aliphatic heterocycles. The summed E-state index contributed by atoms with van der Waals surface area (Å²) in [7, 11) is 1.86. The van der Waals surface area contributed by atoms with Crippen molar-refractivity contribution in [3.63, 3.8) is 0 Å². The second-order valence-corrected chi connectivity index (χ2v) is 4.35. The summed E-state index contributed by atoms with van der Waals surface area (Å²) in [4.78, 5) is 1.93. The van der Waals surface area contributed by atoms with E-state index >= 15 is 0 Å². The van der Waals surface area contributed by atoms with Gasteiger partial charge in [0.15, 0.2) is 0 Å². The average Bonchev–Trinajstić information content (AvgIpc) is 2.45. The zero-order chi connectivity index (χ0) is 11.6. The van der Waals surface area contributed by atoms with Crippen molar-refractivity contribution in [3.05, 3.63) is 11.7 Å². The van der Waals surface area contributed by atoms with Gasteiger partial charge in [0, 0.05) is 12.1 Å². The minimum atomic E-state index is -1.54. The molecule has 4 heteroatoms. The van der Waals surface area contributed by atoms with Crippen LogP contribution >= 0.6 is 0 Å². The van der Waals surface area contributed by atoms with Crippen LogP contribution in [0.3, 0.4) is 0 Å². The van der Waals surface area contributed by atoms with Crippen LogP contribution in [0.5, 0.6) is 0 Å². The summed E-state index contributed by atoms with van der Waals surface area (Å²) in [5.41, 5.74) is 0.241. The van der Waals surface area contributed by atoms with Gasteiger partial charge in [-0.2, -0.15) is 8.78 Å². The van der Waals surface area contributed by atoms with Gasteiger partial charge in [0.1, 0.15) is 0 Å². The smallest absolute Gasteiger partial charge is 0.271 e. The molecule has 0 aromatic heterocycles. The second kappa shape index (κ2) is 5.03. The van der Waals surface area contributed by atoms with E-state index in [4.69, 9.17) is 4.74 Å². The normalized spacial score (nSPS) is 25.0. The van der Waals surface area contributed by atoms with E-state index in [2.05, 4.69) is 0 Å². The fraction of sp³-hybridized carbons (Fsp3) is 0.818. The molecule has 0 aromatic carbocycles. The highest BCUT2D eigenvalue weighted by molar-refractivity contribution is 5.18. The number of hydrogen-bond donors (Lipinski definition) is 0. The molecule has 0 radical (unpaired) electrons. The number of hydrogen-bond acceptors (Lipinski definition) is 2. The topological polar surface area (TPSA) is 12.5 Å². The summed E-state index contributed by atoms with van der Waals surface area (Å²) < 4.78 is 30.9. The summed E-state index contributed by atoms with van der Waals surface area (Å²) in [6.07, 6.45) is -1.20. The number of halogens is 2. The monoisotopic (exact) mass is 219 g/mol. The van der Waals surface area contributed by atoms with Crippen molar-refractivity contribution in [2.24, 2.45) is 0 Å². The average molecular weight is 219 g/mol. The van der Waals surface area contributed by atoms with Crippen LogP contribution in [-0.4, -0.2) is 36.7 Å². The molecule has 0 N–H and O–H groups in total. The van der Waals surface area contributed by atoms with Crippen molar-refractivity contribution in [2.45, 2.75) is 45.4 Å². The van der Waals surface area contributed by atoms with Crippen LogP contribution in [-0.2, 0) is 4.74 Å². The molecule has 0 aliphatic carbocycles. The zero-order valence-electron chi connectivity index (χ0n) is 9.76. The highest BCUT2D eigenvalue weighted by Gasteiger charge is 2.34. The van der Waals surface area contributed by atoms with Gasteiger partial charge in [-0.25, -0.2) is 0 Å². The largest absolute Gasteiger partial charge is 0.374 e. The molecule has 1 unspecified atom stereocenters. The lowest BCUT2D eigenvalue weighted by Crippen LogP contribution is -2.38. The van der Waals surface area contributed by atoms with Crippen LogP contribution in [0, 0.1) is 0 Å². The van der Waals surface area contributed by atoms with Crippen LogP contribution in [0.4, 0.5) is 8.78 Å². The van der Waals surface area contributed by atoms with Crippen LogP contribution in [0.15, 0.2) is 11.7 Å². The lowest BCUT2D eigenvalue weighted by molar-refractivity contribution is -0.0133. The molecule has 1 fully saturated rings. The number of rotatable bonds is 3. The number of likely N-dealkylation sites (tertiary alicyclic amines) is 1. The fourth-order valence-electron chi connectivity index (χ4n) is 2.20. The molecule has 2 nitrogen and oxygen atoms in total. The van der Waals surface area contributed by atoms with E-state index in [1.165, 1.54) is 0 Å². The number of likely N-dealkylation sites (N-methyl/N-ethyl adjacent to an activating group) is 1. The van der Waals surface area contributed by atoms with Gasteiger partial charge in [-0.15, -0.1) is 0 Å². The molecule has 88 valence electrons. The Balaban J connectivity index is 2.76. The molecule has 1 saturated heterocycles. The Hall–Kier alpha value is -0.480. The van der Waals surface area contributed by atoms with Gasteiger partial charge in [0.25, 0.3) is 6.08 Å². The summed E-state index contributed by atoms with van der Waals surface area (Å²) in [6, 6.07) is -0.266. The third-order valence-corrected chi connectivity index (χ3v) is 2.74. The van der Waals surface area contributed by atoms with E-state index in [0.717, 1.165) is 0 Å². The summed E-state index contributed by atoms with van der Waals surface area (Å²) in [6.45, 7) is 6.37. The molecule has 2 atom stereocenters. The lowest BCUT2D eigenvalue weighted by Gasteiger charge is -2.28. The van der Waals surface area contributed by atoms with Crippen LogP contribution in [0.25, 0.3) is 0 Å². The fourth-order valence-corrected chi connectivity index (χ4v) is 2.20. The highest BCUT2D eigenvalue weighted by Crippen LogP contribution is 2.30.